The molecule has 1 fully saturated rings. The molecule has 1 N–H and O–H groups in total. The lowest BCUT2D eigenvalue weighted by Crippen LogP contribution is -2.21. The van der Waals surface area contributed by atoms with Gasteiger partial charge < -0.3 is 10.2 Å². The Balaban J connectivity index is 0.000000320. The predicted octanol–water partition coefficient (Wildman–Crippen LogP) is 6.31. The normalized spacial score (nSPS) is 16.4. The molecule has 1 aromatic heterocycles. The summed E-state index contributed by atoms with van der Waals surface area (Å²) in [7, 11) is 0. The van der Waals surface area contributed by atoms with Crippen molar-refractivity contribution < 1.29 is 0 Å². The molecular weight excluding hydrogens is 366 g/mol. The van der Waals surface area contributed by atoms with Crippen molar-refractivity contribution in [3.8, 4) is 0 Å². The molecule has 0 bridgehead atoms. The molecule has 0 unspecified atom stereocenters. The SMILES string of the molecule is C1CCCCC1.CCCN(c1cccnc1)c1c(Cl)ccc2c1CCNCC2. The Morgan fingerprint density at radius 3 is 2.36 bits per heavy atom. The molecule has 0 spiro atoms. The Labute approximate surface area is 175 Å². The van der Waals surface area contributed by atoms with Gasteiger partial charge in [-0.3, -0.25) is 4.98 Å². The number of nitrogens with zero attached hydrogens (tertiary/aromatic N) is 2. The molecule has 152 valence electrons. The van der Waals surface area contributed by atoms with Crippen molar-refractivity contribution in [3.05, 3.63) is 52.8 Å². The fourth-order valence-corrected chi connectivity index (χ4v) is 4.46. The van der Waals surface area contributed by atoms with Crippen molar-refractivity contribution in [2.75, 3.05) is 24.5 Å². The number of anilines is 2. The first kappa shape index (κ1) is 21.1. The molecular formula is C24H34ClN3. The van der Waals surface area contributed by atoms with E-state index in [1.54, 1.807) is 0 Å². The molecule has 1 aliphatic heterocycles. The van der Waals surface area contributed by atoms with Crippen molar-refractivity contribution in [2.45, 2.75) is 64.7 Å². The highest BCUT2D eigenvalue weighted by atomic mass is 35.5. The first-order valence-corrected chi connectivity index (χ1v) is 11.4. The largest absolute Gasteiger partial charge is 0.339 e. The fourth-order valence-electron chi connectivity index (χ4n) is 4.18. The molecule has 1 aromatic carbocycles. The van der Waals surface area contributed by atoms with Gasteiger partial charge in [-0.05, 0) is 61.7 Å². The molecule has 2 heterocycles. The van der Waals surface area contributed by atoms with Crippen molar-refractivity contribution in [1.29, 1.82) is 0 Å². The summed E-state index contributed by atoms with van der Waals surface area (Å²) < 4.78 is 0. The van der Waals surface area contributed by atoms with Crippen LogP contribution in [0.5, 0.6) is 0 Å². The van der Waals surface area contributed by atoms with Gasteiger partial charge in [0, 0.05) is 12.7 Å². The standard InChI is InChI=1S/C18H22ClN3.C6H12/c1-2-12-22(15-4-3-9-21-13-15)18-16-8-11-20-10-7-14(16)5-6-17(18)19;1-2-4-6-5-3-1/h3-6,9,13,20H,2,7-8,10-12H2,1H3;1-6H2. The molecule has 4 rings (SSSR count). The Morgan fingerprint density at radius 1 is 1.00 bits per heavy atom. The number of pyridine rings is 1. The van der Waals surface area contributed by atoms with Crippen LogP contribution >= 0.6 is 11.6 Å². The van der Waals surface area contributed by atoms with Crippen LogP contribution in [0.1, 0.15) is 63.0 Å². The number of hydrogen-bond donors (Lipinski definition) is 1. The maximum atomic E-state index is 6.61. The Bertz CT molecular complexity index is 702. The van der Waals surface area contributed by atoms with E-state index in [0.29, 0.717) is 0 Å². The van der Waals surface area contributed by atoms with Crippen LogP contribution in [-0.4, -0.2) is 24.6 Å². The van der Waals surface area contributed by atoms with Crippen LogP contribution in [0, 0.1) is 0 Å². The van der Waals surface area contributed by atoms with Gasteiger partial charge in [0.2, 0.25) is 0 Å². The van der Waals surface area contributed by atoms with E-state index in [-0.39, 0.29) is 0 Å². The van der Waals surface area contributed by atoms with E-state index < -0.39 is 0 Å². The second kappa shape index (κ2) is 11.4. The molecule has 2 aliphatic rings. The molecule has 3 nitrogen and oxygen atoms in total. The van der Waals surface area contributed by atoms with Crippen LogP contribution in [0.3, 0.4) is 0 Å². The van der Waals surface area contributed by atoms with E-state index in [1.165, 1.54) is 49.7 Å². The molecule has 0 atom stereocenters. The summed E-state index contributed by atoms with van der Waals surface area (Å²) in [6.07, 6.45) is 15.9. The van der Waals surface area contributed by atoms with Gasteiger partial charge >= 0.3 is 0 Å². The summed E-state index contributed by atoms with van der Waals surface area (Å²) in [6, 6.07) is 8.31. The van der Waals surface area contributed by atoms with Gasteiger partial charge in [-0.2, -0.15) is 0 Å². The smallest absolute Gasteiger partial charge is 0.0646 e. The van der Waals surface area contributed by atoms with E-state index in [4.69, 9.17) is 11.6 Å². The number of hydrogen-bond acceptors (Lipinski definition) is 3. The van der Waals surface area contributed by atoms with E-state index >= 15 is 0 Å². The quantitative estimate of drug-likeness (QED) is 0.652. The maximum absolute atomic E-state index is 6.61. The molecule has 1 saturated carbocycles. The Kier molecular flexibility index (Phi) is 8.63. The number of benzene rings is 1. The lowest BCUT2D eigenvalue weighted by Gasteiger charge is -2.28. The zero-order valence-electron chi connectivity index (χ0n) is 17.2. The van der Waals surface area contributed by atoms with E-state index in [1.807, 2.05) is 24.5 Å². The van der Waals surface area contributed by atoms with Crippen molar-refractivity contribution in [1.82, 2.24) is 10.3 Å². The van der Waals surface area contributed by atoms with Gasteiger partial charge in [-0.1, -0.05) is 63.1 Å². The minimum atomic E-state index is 0.831. The van der Waals surface area contributed by atoms with Crippen molar-refractivity contribution in [3.63, 3.8) is 0 Å². The van der Waals surface area contributed by atoms with E-state index in [0.717, 1.165) is 55.3 Å². The van der Waals surface area contributed by atoms with Crippen LogP contribution in [0.15, 0.2) is 36.7 Å². The van der Waals surface area contributed by atoms with E-state index in [9.17, 15) is 0 Å². The van der Waals surface area contributed by atoms with Crippen molar-refractivity contribution in [2.24, 2.45) is 0 Å². The molecule has 2 aromatic rings. The highest BCUT2D eigenvalue weighted by Crippen LogP contribution is 2.37. The predicted molar refractivity (Wildman–Crippen MR) is 121 cm³/mol. The summed E-state index contributed by atoms with van der Waals surface area (Å²) in [5, 5.41) is 4.31. The number of rotatable bonds is 4. The fraction of sp³-hybridized carbons (Fsp3) is 0.542. The first-order valence-electron chi connectivity index (χ1n) is 11.0. The van der Waals surface area contributed by atoms with Gasteiger partial charge in [-0.15, -0.1) is 0 Å². The van der Waals surface area contributed by atoms with Crippen LogP contribution in [0.2, 0.25) is 5.02 Å². The summed E-state index contributed by atoms with van der Waals surface area (Å²) in [4.78, 5) is 6.60. The molecule has 1 aliphatic carbocycles. The molecule has 4 heteroatoms. The minimum absolute atomic E-state index is 0.831. The number of halogens is 1. The number of nitrogens with one attached hydrogen (secondary N) is 1. The minimum Gasteiger partial charge on any atom is -0.339 e. The highest BCUT2D eigenvalue weighted by molar-refractivity contribution is 6.33. The summed E-state index contributed by atoms with van der Waals surface area (Å²) in [6.45, 7) is 5.18. The third-order valence-electron chi connectivity index (χ3n) is 5.63. The van der Waals surface area contributed by atoms with Gasteiger partial charge in [0.1, 0.15) is 0 Å². The van der Waals surface area contributed by atoms with E-state index in [2.05, 4.69) is 34.3 Å². The molecule has 0 radical (unpaired) electrons. The van der Waals surface area contributed by atoms with Gasteiger partial charge in [0.15, 0.2) is 0 Å². The highest BCUT2D eigenvalue weighted by Gasteiger charge is 2.20. The molecule has 28 heavy (non-hydrogen) atoms. The van der Waals surface area contributed by atoms with Gasteiger partial charge in [0.25, 0.3) is 0 Å². The Hall–Kier alpha value is -1.58. The average Bonchev–Trinajstić information content (AvgIpc) is 3.00. The lowest BCUT2D eigenvalue weighted by atomic mass is 9.99. The number of aromatic nitrogens is 1. The topological polar surface area (TPSA) is 28.2 Å². The monoisotopic (exact) mass is 399 g/mol. The second-order valence-electron chi connectivity index (χ2n) is 7.77. The van der Waals surface area contributed by atoms with Crippen LogP contribution in [0.4, 0.5) is 11.4 Å². The van der Waals surface area contributed by atoms with Gasteiger partial charge in [-0.25, -0.2) is 0 Å². The molecule has 0 amide bonds. The van der Waals surface area contributed by atoms with Crippen molar-refractivity contribution >= 4 is 23.0 Å². The Morgan fingerprint density at radius 2 is 1.71 bits per heavy atom. The third kappa shape index (κ3) is 5.71. The average molecular weight is 400 g/mol. The van der Waals surface area contributed by atoms with Crippen LogP contribution < -0.4 is 10.2 Å². The third-order valence-corrected chi connectivity index (χ3v) is 5.93. The van der Waals surface area contributed by atoms with Crippen LogP contribution in [-0.2, 0) is 12.8 Å². The summed E-state index contributed by atoms with van der Waals surface area (Å²) >= 11 is 6.61. The lowest BCUT2D eigenvalue weighted by molar-refractivity contribution is 0.504. The van der Waals surface area contributed by atoms with Crippen LogP contribution in [0.25, 0.3) is 0 Å². The maximum Gasteiger partial charge on any atom is 0.0646 e. The second-order valence-corrected chi connectivity index (χ2v) is 8.18. The first-order chi connectivity index (χ1) is 13.8. The zero-order valence-corrected chi connectivity index (χ0v) is 18.0. The molecule has 0 saturated heterocycles. The summed E-state index contributed by atoms with van der Waals surface area (Å²) in [5.74, 6) is 0. The zero-order chi connectivity index (χ0) is 19.6. The van der Waals surface area contributed by atoms with Gasteiger partial charge in [0.05, 0.1) is 22.6 Å². The number of fused-ring (bicyclic) bond motifs is 1. The summed E-state index contributed by atoms with van der Waals surface area (Å²) in [5.41, 5.74) is 5.07.